The molecule has 0 saturated carbocycles. The third-order valence-corrected chi connectivity index (χ3v) is 4.97. The molecular weight excluding hydrogens is 352 g/mol. The summed E-state index contributed by atoms with van der Waals surface area (Å²) in [6.07, 6.45) is 0.813. The predicted octanol–water partition coefficient (Wildman–Crippen LogP) is 3.41. The molecule has 0 aromatic heterocycles. The van der Waals surface area contributed by atoms with E-state index >= 15 is 0 Å². The van der Waals surface area contributed by atoms with Gasteiger partial charge in [0.1, 0.15) is 11.8 Å². The lowest BCUT2D eigenvalue weighted by molar-refractivity contribution is -0.140. The summed E-state index contributed by atoms with van der Waals surface area (Å²) >= 11 is 0. The van der Waals surface area contributed by atoms with Gasteiger partial charge in [0.2, 0.25) is 11.8 Å². The Balaban J connectivity index is 2.34. The van der Waals surface area contributed by atoms with Crippen molar-refractivity contribution < 1.29 is 14.3 Å². The van der Waals surface area contributed by atoms with Gasteiger partial charge in [0.05, 0.1) is 13.5 Å². The molecule has 2 rings (SSSR count). The summed E-state index contributed by atoms with van der Waals surface area (Å²) in [6.45, 7) is 6.29. The van der Waals surface area contributed by atoms with Gasteiger partial charge in [0.25, 0.3) is 0 Å². The van der Waals surface area contributed by atoms with Crippen LogP contribution in [0.4, 0.5) is 0 Å². The highest BCUT2D eigenvalue weighted by molar-refractivity contribution is 5.88. The Hall–Kier alpha value is -2.82. The molecule has 0 spiro atoms. The first-order valence-corrected chi connectivity index (χ1v) is 9.59. The lowest BCUT2D eigenvalue weighted by atomic mass is 10.0. The van der Waals surface area contributed by atoms with E-state index in [9.17, 15) is 9.59 Å². The smallest absolute Gasteiger partial charge is 0.242 e. The molecule has 0 aliphatic carbocycles. The van der Waals surface area contributed by atoms with Gasteiger partial charge in [0, 0.05) is 13.6 Å². The molecular formula is C23H30N2O3. The van der Waals surface area contributed by atoms with Crippen molar-refractivity contribution in [2.75, 3.05) is 14.2 Å². The Kier molecular flexibility index (Phi) is 7.61. The highest BCUT2D eigenvalue weighted by Crippen LogP contribution is 2.19. The summed E-state index contributed by atoms with van der Waals surface area (Å²) in [5.41, 5.74) is 4.11. The number of ether oxygens (including phenoxy) is 1. The third kappa shape index (κ3) is 5.35. The van der Waals surface area contributed by atoms with Crippen molar-refractivity contribution in [2.45, 2.75) is 46.2 Å². The van der Waals surface area contributed by atoms with Crippen molar-refractivity contribution >= 4 is 11.8 Å². The molecule has 5 heteroatoms. The van der Waals surface area contributed by atoms with Crippen molar-refractivity contribution in [1.29, 1.82) is 0 Å². The molecule has 5 nitrogen and oxygen atoms in total. The van der Waals surface area contributed by atoms with Crippen molar-refractivity contribution in [3.8, 4) is 5.75 Å². The number of likely N-dealkylation sites (N-methyl/N-ethyl adjacent to an activating group) is 1. The third-order valence-electron chi connectivity index (χ3n) is 4.97. The molecule has 2 aromatic carbocycles. The lowest BCUT2D eigenvalue weighted by Gasteiger charge is -2.30. The van der Waals surface area contributed by atoms with Crippen LogP contribution >= 0.6 is 0 Å². The molecule has 1 unspecified atom stereocenters. The average Bonchev–Trinajstić information content (AvgIpc) is 2.70. The number of nitrogens with zero attached hydrogens (tertiary/aromatic N) is 1. The number of methoxy groups -OCH3 is 1. The molecule has 0 fully saturated rings. The van der Waals surface area contributed by atoms with E-state index in [1.54, 1.807) is 19.1 Å². The molecule has 1 atom stereocenters. The minimum atomic E-state index is -0.520. The van der Waals surface area contributed by atoms with Crippen LogP contribution < -0.4 is 10.1 Å². The summed E-state index contributed by atoms with van der Waals surface area (Å²) < 4.78 is 5.29. The molecule has 1 N–H and O–H groups in total. The number of carbonyl (C=O) groups is 2. The van der Waals surface area contributed by atoms with Crippen molar-refractivity contribution in [3.63, 3.8) is 0 Å². The van der Waals surface area contributed by atoms with Crippen LogP contribution in [0.5, 0.6) is 5.75 Å². The Morgan fingerprint density at radius 3 is 2.54 bits per heavy atom. The van der Waals surface area contributed by atoms with Gasteiger partial charge in [-0.05, 0) is 49.1 Å². The van der Waals surface area contributed by atoms with E-state index in [0.717, 1.165) is 28.0 Å². The SMILES string of the molecule is CCC(C(=O)NC)N(Cc1cccc(OC)c1)C(=O)Cc1cc(C)ccc1C. The molecule has 0 aliphatic rings. The Labute approximate surface area is 167 Å². The summed E-state index contributed by atoms with van der Waals surface area (Å²) in [7, 11) is 3.21. The highest BCUT2D eigenvalue weighted by Gasteiger charge is 2.28. The fraction of sp³-hybridized carbons (Fsp3) is 0.391. The number of rotatable bonds is 8. The zero-order valence-electron chi connectivity index (χ0n) is 17.4. The largest absolute Gasteiger partial charge is 0.497 e. The van der Waals surface area contributed by atoms with Gasteiger partial charge in [0.15, 0.2) is 0 Å². The topological polar surface area (TPSA) is 58.6 Å². The molecule has 0 saturated heterocycles. The van der Waals surface area contributed by atoms with Gasteiger partial charge < -0.3 is 15.0 Å². The molecule has 2 aromatic rings. The average molecular weight is 383 g/mol. The summed E-state index contributed by atoms with van der Waals surface area (Å²) in [4.78, 5) is 27.4. The standard InChI is InChI=1S/C23H30N2O3/c1-6-21(23(27)24-4)25(15-18-8-7-9-20(13-18)28-5)22(26)14-19-12-16(2)10-11-17(19)3/h7-13,21H,6,14-15H2,1-5H3,(H,24,27). The van der Waals surface area contributed by atoms with Crippen LogP contribution in [0, 0.1) is 13.8 Å². The van der Waals surface area contributed by atoms with Gasteiger partial charge in [-0.1, -0.05) is 42.8 Å². The molecule has 150 valence electrons. The fourth-order valence-corrected chi connectivity index (χ4v) is 3.31. The number of carbonyl (C=O) groups excluding carboxylic acids is 2. The van der Waals surface area contributed by atoms with Crippen LogP contribution in [0.15, 0.2) is 42.5 Å². The van der Waals surface area contributed by atoms with Crippen molar-refractivity contribution in [3.05, 3.63) is 64.7 Å². The predicted molar refractivity (Wildman–Crippen MR) is 111 cm³/mol. The Bertz CT molecular complexity index is 832. The molecule has 0 aliphatic heterocycles. The first-order valence-electron chi connectivity index (χ1n) is 9.59. The van der Waals surface area contributed by atoms with Gasteiger partial charge >= 0.3 is 0 Å². The van der Waals surface area contributed by atoms with E-state index in [1.807, 2.05) is 63.2 Å². The number of aryl methyl sites for hydroxylation is 2. The van der Waals surface area contributed by atoms with Crippen LogP contribution in [0.2, 0.25) is 0 Å². The maximum absolute atomic E-state index is 13.3. The minimum absolute atomic E-state index is 0.0630. The molecule has 0 bridgehead atoms. The maximum Gasteiger partial charge on any atom is 0.242 e. The minimum Gasteiger partial charge on any atom is -0.497 e. The second kappa shape index (κ2) is 9.93. The van der Waals surface area contributed by atoms with Crippen LogP contribution in [-0.4, -0.2) is 36.9 Å². The Morgan fingerprint density at radius 1 is 1.14 bits per heavy atom. The van der Waals surface area contributed by atoms with Crippen LogP contribution in [-0.2, 0) is 22.6 Å². The van der Waals surface area contributed by atoms with Crippen LogP contribution in [0.25, 0.3) is 0 Å². The van der Waals surface area contributed by atoms with E-state index in [1.165, 1.54) is 0 Å². The monoisotopic (exact) mass is 382 g/mol. The number of benzene rings is 2. The Morgan fingerprint density at radius 2 is 1.89 bits per heavy atom. The number of amides is 2. The molecule has 0 heterocycles. The first kappa shape index (κ1) is 21.5. The highest BCUT2D eigenvalue weighted by atomic mass is 16.5. The lowest BCUT2D eigenvalue weighted by Crippen LogP contribution is -2.48. The van der Waals surface area contributed by atoms with E-state index in [4.69, 9.17) is 4.74 Å². The van der Waals surface area contributed by atoms with E-state index in [-0.39, 0.29) is 18.2 Å². The van der Waals surface area contributed by atoms with Crippen LogP contribution in [0.1, 0.15) is 35.6 Å². The van der Waals surface area contributed by atoms with E-state index < -0.39 is 6.04 Å². The van der Waals surface area contributed by atoms with Gasteiger partial charge in [-0.25, -0.2) is 0 Å². The zero-order valence-corrected chi connectivity index (χ0v) is 17.4. The number of nitrogens with one attached hydrogen (secondary N) is 1. The van der Waals surface area contributed by atoms with Gasteiger partial charge in [-0.2, -0.15) is 0 Å². The second-order valence-corrected chi connectivity index (χ2v) is 7.02. The normalized spacial score (nSPS) is 11.6. The first-order chi connectivity index (χ1) is 13.4. The molecule has 28 heavy (non-hydrogen) atoms. The quantitative estimate of drug-likeness (QED) is 0.761. The molecule has 2 amide bonds. The maximum atomic E-state index is 13.3. The van der Waals surface area contributed by atoms with Crippen molar-refractivity contribution in [2.24, 2.45) is 0 Å². The van der Waals surface area contributed by atoms with Crippen LogP contribution in [0.3, 0.4) is 0 Å². The number of hydrogen-bond donors (Lipinski definition) is 1. The molecule has 0 radical (unpaired) electrons. The number of hydrogen-bond acceptors (Lipinski definition) is 3. The fourth-order valence-electron chi connectivity index (χ4n) is 3.31. The zero-order chi connectivity index (χ0) is 20.7. The van der Waals surface area contributed by atoms with Gasteiger partial charge in [-0.15, -0.1) is 0 Å². The summed E-state index contributed by atoms with van der Waals surface area (Å²) in [6, 6.07) is 13.2. The van der Waals surface area contributed by atoms with Gasteiger partial charge in [-0.3, -0.25) is 9.59 Å². The summed E-state index contributed by atoms with van der Waals surface area (Å²) in [5, 5.41) is 2.69. The van der Waals surface area contributed by atoms with E-state index in [0.29, 0.717) is 13.0 Å². The van der Waals surface area contributed by atoms with Crippen molar-refractivity contribution in [1.82, 2.24) is 10.2 Å². The summed E-state index contributed by atoms with van der Waals surface area (Å²) in [5.74, 6) is 0.513. The second-order valence-electron chi connectivity index (χ2n) is 7.02. The van der Waals surface area contributed by atoms with E-state index in [2.05, 4.69) is 5.32 Å².